The van der Waals surface area contributed by atoms with Crippen molar-refractivity contribution in [2.24, 2.45) is 0 Å². The van der Waals surface area contributed by atoms with Crippen LogP contribution in [0.3, 0.4) is 0 Å². The van der Waals surface area contributed by atoms with Gasteiger partial charge in [0.2, 0.25) is 0 Å². The van der Waals surface area contributed by atoms with Crippen LogP contribution >= 0.6 is 27.5 Å². The van der Waals surface area contributed by atoms with E-state index in [1.165, 1.54) is 38.0 Å². The van der Waals surface area contributed by atoms with Gasteiger partial charge in [-0.05, 0) is 36.5 Å². The summed E-state index contributed by atoms with van der Waals surface area (Å²) in [6.45, 7) is 0.688. The second kappa shape index (κ2) is 11.9. The first-order chi connectivity index (χ1) is 10.2. The molecule has 127 valence electrons. The second-order valence-electron chi connectivity index (χ2n) is 5.65. The predicted octanol–water partition coefficient (Wildman–Crippen LogP) is 5.94. The second-order valence-corrected chi connectivity index (χ2v) is 6.62. The zero-order valence-electron chi connectivity index (χ0n) is 13.7. The number of carbonyl (C=O) groups excluding carboxylic acids is 1. The van der Waals surface area contributed by atoms with E-state index in [1.54, 1.807) is 6.07 Å². The van der Waals surface area contributed by atoms with Crippen molar-refractivity contribution in [2.75, 3.05) is 6.54 Å². The van der Waals surface area contributed by atoms with Crippen LogP contribution in [0.2, 0.25) is 5.02 Å². The van der Waals surface area contributed by atoms with Crippen LogP contribution in [0.15, 0.2) is 18.2 Å². The minimum Gasteiger partial charge on any atom is -0.351 e. The van der Waals surface area contributed by atoms with Crippen molar-refractivity contribution >= 4 is 33.4 Å². The Hall–Kier alpha value is -0.540. The van der Waals surface area contributed by atoms with Crippen LogP contribution in [0, 0.1) is 20.8 Å². The predicted molar refractivity (Wildman–Crippen MR) is 103 cm³/mol. The third-order valence-corrected chi connectivity index (χ3v) is 4.97. The number of hydrogen-bond acceptors (Lipinski definition) is 1. The van der Waals surface area contributed by atoms with Crippen molar-refractivity contribution in [3.05, 3.63) is 55.1 Å². The summed E-state index contributed by atoms with van der Waals surface area (Å²) in [6, 6.07) is 5.57. The molecule has 0 spiro atoms. The Labute approximate surface area is 155 Å². The molecule has 23 heavy (non-hydrogen) atoms. The lowest BCUT2D eigenvalue weighted by molar-refractivity contribution is 0.0954. The molecule has 1 amide bonds. The monoisotopic (exact) mass is 398 g/mol. The van der Waals surface area contributed by atoms with E-state index >= 15 is 0 Å². The van der Waals surface area contributed by atoms with Crippen molar-refractivity contribution in [3.63, 3.8) is 0 Å². The maximum absolute atomic E-state index is 12.3. The van der Waals surface area contributed by atoms with Gasteiger partial charge in [0.15, 0.2) is 0 Å². The highest BCUT2D eigenvalue weighted by molar-refractivity contribution is 9.08. The molecule has 0 atom stereocenters. The lowest BCUT2D eigenvalue weighted by atomic mass is 9.91. The molecule has 2 rings (SSSR count). The Morgan fingerprint density at radius 1 is 1.09 bits per heavy atom. The molecular weight excluding hydrogens is 374 g/mol. The first-order valence-electron chi connectivity index (χ1n) is 7.67. The molecule has 0 unspecified atom stereocenters. The van der Waals surface area contributed by atoms with Gasteiger partial charge in [-0.2, -0.15) is 0 Å². The van der Waals surface area contributed by atoms with Crippen LogP contribution in [0.25, 0.3) is 0 Å². The maximum Gasteiger partial charge on any atom is 0.252 e. The summed E-state index contributed by atoms with van der Waals surface area (Å²) in [5, 5.41) is 4.27. The van der Waals surface area contributed by atoms with Crippen LogP contribution in [-0.4, -0.2) is 12.5 Å². The Morgan fingerprint density at radius 2 is 1.70 bits per heavy atom. The van der Waals surface area contributed by atoms with Crippen LogP contribution in [0.4, 0.5) is 0 Å². The quantitative estimate of drug-likeness (QED) is 0.624. The minimum atomic E-state index is -0.0719. The fraction of sp³-hybridized carbons (Fsp3) is 0.474. The van der Waals surface area contributed by atoms with Gasteiger partial charge in [0, 0.05) is 11.9 Å². The molecule has 1 N–H and O–H groups in total. The standard InChI is InChI=1S/C17H22BrClNO.2CH2/c18-11-14-8-9-16(19)15(10-14)17(21)20-12-13-6-4-2-1-3-5-7-13;;/h8-10H,1-7,11-12H2,(H,20,21);2*1H2. The van der Waals surface area contributed by atoms with E-state index in [2.05, 4.69) is 21.2 Å². The Kier molecular flexibility index (Phi) is 11.6. The van der Waals surface area contributed by atoms with E-state index in [9.17, 15) is 4.79 Å². The molecule has 0 aliphatic heterocycles. The topological polar surface area (TPSA) is 29.1 Å². The van der Waals surface area contributed by atoms with E-state index in [1.807, 2.05) is 12.1 Å². The first kappa shape index (κ1) is 22.5. The largest absolute Gasteiger partial charge is 0.351 e. The zero-order valence-corrected chi connectivity index (χ0v) is 16.0. The van der Waals surface area contributed by atoms with Gasteiger partial charge in [-0.1, -0.05) is 80.6 Å². The fourth-order valence-electron chi connectivity index (χ4n) is 2.71. The number of rotatable bonds is 4. The number of nitrogens with one attached hydrogen (secondary N) is 1. The van der Waals surface area contributed by atoms with Gasteiger partial charge in [0.05, 0.1) is 10.6 Å². The highest BCUT2D eigenvalue weighted by Gasteiger charge is 2.15. The average Bonchev–Trinajstić information content (AvgIpc) is 2.46. The van der Waals surface area contributed by atoms with E-state index in [0.717, 1.165) is 23.7 Å². The van der Waals surface area contributed by atoms with Crippen molar-refractivity contribution in [1.29, 1.82) is 0 Å². The van der Waals surface area contributed by atoms with Crippen LogP contribution in [-0.2, 0) is 5.33 Å². The molecule has 2 nitrogen and oxygen atoms in total. The molecule has 5 radical (unpaired) electrons. The van der Waals surface area contributed by atoms with Gasteiger partial charge in [-0.3, -0.25) is 4.79 Å². The molecule has 0 saturated heterocycles. The SMILES string of the molecule is O=C(NC[C]1CCCCCCC1)c1cc(CBr)ccc1Cl.[CH2].[CH2]. The van der Waals surface area contributed by atoms with Crippen LogP contribution in [0.1, 0.15) is 60.9 Å². The molecule has 1 saturated carbocycles. The van der Waals surface area contributed by atoms with Gasteiger partial charge in [0.25, 0.3) is 5.91 Å². The van der Waals surface area contributed by atoms with E-state index < -0.39 is 0 Å². The summed E-state index contributed by atoms with van der Waals surface area (Å²) in [6.07, 6.45) is 8.79. The first-order valence-corrected chi connectivity index (χ1v) is 9.17. The fourth-order valence-corrected chi connectivity index (χ4v) is 3.26. The smallest absolute Gasteiger partial charge is 0.252 e. The van der Waals surface area contributed by atoms with Gasteiger partial charge in [0.1, 0.15) is 0 Å². The number of amides is 1. The third-order valence-electron chi connectivity index (χ3n) is 3.99. The number of alkyl halides is 1. The van der Waals surface area contributed by atoms with Gasteiger partial charge < -0.3 is 5.32 Å². The van der Waals surface area contributed by atoms with Crippen molar-refractivity contribution in [2.45, 2.75) is 50.3 Å². The van der Waals surface area contributed by atoms with E-state index in [-0.39, 0.29) is 20.8 Å². The Balaban J connectivity index is 0.00000242. The zero-order chi connectivity index (χ0) is 15.1. The summed E-state index contributed by atoms with van der Waals surface area (Å²) in [5.74, 6) is 1.40. The number of carbonyl (C=O) groups is 1. The van der Waals surface area contributed by atoms with Crippen molar-refractivity contribution in [3.8, 4) is 0 Å². The van der Waals surface area contributed by atoms with Crippen LogP contribution < -0.4 is 5.32 Å². The molecule has 4 heteroatoms. The lowest BCUT2D eigenvalue weighted by Gasteiger charge is -2.19. The molecule has 0 bridgehead atoms. The molecule has 0 heterocycles. The van der Waals surface area contributed by atoms with Gasteiger partial charge in [-0.15, -0.1) is 0 Å². The molecule has 1 aliphatic carbocycles. The summed E-state index contributed by atoms with van der Waals surface area (Å²) in [7, 11) is 0. The Morgan fingerprint density at radius 3 is 2.30 bits per heavy atom. The summed E-state index contributed by atoms with van der Waals surface area (Å²) in [4.78, 5) is 12.3. The van der Waals surface area contributed by atoms with Crippen molar-refractivity contribution in [1.82, 2.24) is 5.32 Å². The normalized spacial score (nSPS) is 15.6. The molecule has 1 aromatic rings. The summed E-state index contributed by atoms with van der Waals surface area (Å²) in [5.41, 5.74) is 1.63. The molecule has 1 fully saturated rings. The molecular formula is C19H26BrClNO. The van der Waals surface area contributed by atoms with Crippen molar-refractivity contribution < 1.29 is 4.79 Å². The Bertz CT molecular complexity index is 470. The highest BCUT2D eigenvalue weighted by Crippen LogP contribution is 2.24. The highest BCUT2D eigenvalue weighted by atomic mass is 79.9. The third kappa shape index (κ3) is 7.26. The molecule has 1 aliphatic rings. The molecule has 0 aromatic heterocycles. The number of halogens is 2. The summed E-state index contributed by atoms with van der Waals surface area (Å²) >= 11 is 9.54. The number of benzene rings is 1. The number of hydrogen-bond donors (Lipinski definition) is 1. The van der Waals surface area contributed by atoms with Crippen LogP contribution in [0.5, 0.6) is 0 Å². The summed E-state index contributed by atoms with van der Waals surface area (Å²) < 4.78 is 0. The van der Waals surface area contributed by atoms with E-state index in [4.69, 9.17) is 11.6 Å². The van der Waals surface area contributed by atoms with E-state index in [0.29, 0.717) is 17.1 Å². The maximum atomic E-state index is 12.3. The molecule has 1 aromatic carbocycles. The average molecular weight is 400 g/mol. The van der Waals surface area contributed by atoms with Gasteiger partial charge >= 0.3 is 0 Å². The van der Waals surface area contributed by atoms with Gasteiger partial charge in [-0.25, -0.2) is 0 Å². The lowest BCUT2D eigenvalue weighted by Crippen LogP contribution is -2.29. The minimum absolute atomic E-state index is 0.